The van der Waals surface area contributed by atoms with Crippen LogP contribution in [0.2, 0.25) is 0 Å². The van der Waals surface area contributed by atoms with Gasteiger partial charge >= 0.3 is 0 Å². The Bertz CT molecular complexity index is 130. The normalized spacial score (nSPS) is 25.4. The minimum absolute atomic E-state index is 0.743. The van der Waals surface area contributed by atoms with Gasteiger partial charge in [-0.1, -0.05) is 13.8 Å². The van der Waals surface area contributed by atoms with Crippen molar-refractivity contribution in [1.82, 2.24) is 10.2 Å². The van der Waals surface area contributed by atoms with Gasteiger partial charge < -0.3 is 5.32 Å². The fourth-order valence-corrected chi connectivity index (χ4v) is 2.07. The summed E-state index contributed by atoms with van der Waals surface area (Å²) in [6.45, 7) is 10.5. The molecule has 13 heavy (non-hydrogen) atoms. The van der Waals surface area contributed by atoms with Gasteiger partial charge in [0.2, 0.25) is 0 Å². The molecule has 2 heteroatoms. The minimum atomic E-state index is 0.743. The largest absolute Gasteiger partial charge is 0.313 e. The van der Waals surface area contributed by atoms with Crippen LogP contribution in [0.5, 0.6) is 0 Å². The van der Waals surface area contributed by atoms with Gasteiger partial charge in [0.05, 0.1) is 0 Å². The van der Waals surface area contributed by atoms with Crippen LogP contribution >= 0.6 is 0 Å². The molecule has 1 heterocycles. The number of hydrogen-bond donors (Lipinski definition) is 1. The summed E-state index contributed by atoms with van der Waals surface area (Å²) in [6.07, 6.45) is 4.00. The maximum Gasteiger partial charge on any atom is 0.0195 e. The Morgan fingerprint density at radius 1 is 1.46 bits per heavy atom. The molecular weight excluding hydrogens is 160 g/mol. The van der Waals surface area contributed by atoms with E-state index in [0.29, 0.717) is 0 Å². The zero-order valence-electron chi connectivity index (χ0n) is 9.34. The third-order valence-electron chi connectivity index (χ3n) is 3.24. The van der Waals surface area contributed by atoms with Crippen LogP contribution in [0.4, 0.5) is 0 Å². The van der Waals surface area contributed by atoms with Crippen LogP contribution in [0.3, 0.4) is 0 Å². The molecule has 0 spiro atoms. The molecule has 1 saturated heterocycles. The molecule has 0 saturated carbocycles. The Balaban J connectivity index is 2.29. The zero-order chi connectivity index (χ0) is 9.68. The standard InChI is InChI=1S/C11H24N2/c1-4-10(3)13(5-2)9-11-7-6-8-12-11/h10-12H,4-9H2,1-3H3/t10?,11-/m1/s1. The molecule has 1 N–H and O–H groups in total. The quantitative estimate of drug-likeness (QED) is 0.701. The van der Waals surface area contributed by atoms with Crippen molar-refractivity contribution in [3.8, 4) is 0 Å². The average Bonchev–Trinajstić information content (AvgIpc) is 2.65. The molecule has 0 aromatic heterocycles. The molecule has 0 amide bonds. The Morgan fingerprint density at radius 3 is 2.69 bits per heavy atom. The van der Waals surface area contributed by atoms with Gasteiger partial charge in [-0.15, -0.1) is 0 Å². The molecule has 78 valence electrons. The Kier molecular flexibility index (Phi) is 4.74. The van der Waals surface area contributed by atoms with E-state index in [9.17, 15) is 0 Å². The Hall–Kier alpha value is -0.0800. The number of likely N-dealkylation sites (N-methyl/N-ethyl adjacent to an activating group) is 1. The lowest BCUT2D eigenvalue weighted by Gasteiger charge is -2.29. The molecule has 0 bridgehead atoms. The first kappa shape index (κ1) is 11.0. The number of hydrogen-bond acceptors (Lipinski definition) is 2. The van der Waals surface area contributed by atoms with Crippen molar-refractivity contribution in [3.63, 3.8) is 0 Å². The second-order valence-corrected chi connectivity index (χ2v) is 4.14. The molecule has 1 aliphatic rings. The predicted molar refractivity (Wildman–Crippen MR) is 58.0 cm³/mol. The second kappa shape index (κ2) is 5.61. The van der Waals surface area contributed by atoms with Gasteiger partial charge in [-0.05, 0) is 39.3 Å². The van der Waals surface area contributed by atoms with E-state index in [-0.39, 0.29) is 0 Å². The molecule has 1 aliphatic heterocycles. The second-order valence-electron chi connectivity index (χ2n) is 4.14. The lowest BCUT2D eigenvalue weighted by atomic mass is 10.1. The summed E-state index contributed by atoms with van der Waals surface area (Å²) >= 11 is 0. The zero-order valence-corrected chi connectivity index (χ0v) is 9.34. The first-order valence-electron chi connectivity index (χ1n) is 5.75. The highest BCUT2D eigenvalue weighted by Gasteiger charge is 2.19. The highest BCUT2D eigenvalue weighted by Crippen LogP contribution is 2.10. The van der Waals surface area contributed by atoms with E-state index in [0.717, 1.165) is 12.1 Å². The molecule has 1 fully saturated rings. The van der Waals surface area contributed by atoms with Crippen LogP contribution in [0.1, 0.15) is 40.0 Å². The lowest BCUT2D eigenvalue weighted by molar-refractivity contribution is 0.196. The third kappa shape index (κ3) is 3.28. The van der Waals surface area contributed by atoms with E-state index in [4.69, 9.17) is 0 Å². The highest BCUT2D eigenvalue weighted by molar-refractivity contribution is 4.79. The van der Waals surface area contributed by atoms with Crippen LogP contribution in [-0.4, -0.2) is 36.6 Å². The molecule has 0 aromatic carbocycles. The first-order chi connectivity index (χ1) is 6.27. The first-order valence-corrected chi connectivity index (χ1v) is 5.75. The highest BCUT2D eigenvalue weighted by atomic mass is 15.2. The van der Waals surface area contributed by atoms with Gasteiger partial charge in [0, 0.05) is 18.6 Å². The van der Waals surface area contributed by atoms with Crippen molar-refractivity contribution >= 4 is 0 Å². The summed E-state index contributed by atoms with van der Waals surface area (Å²) < 4.78 is 0. The van der Waals surface area contributed by atoms with Crippen LogP contribution in [0, 0.1) is 0 Å². The molecule has 1 rings (SSSR count). The molecule has 1 unspecified atom stereocenters. The van der Waals surface area contributed by atoms with Gasteiger partial charge in [-0.2, -0.15) is 0 Å². The summed E-state index contributed by atoms with van der Waals surface area (Å²) in [5.41, 5.74) is 0. The van der Waals surface area contributed by atoms with Crippen LogP contribution in [-0.2, 0) is 0 Å². The maximum atomic E-state index is 3.56. The summed E-state index contributed by atoms with van der Waals surface area (Å²) in [4.78, 5) is 2.59. The van der Waals surface area contributed by atoms with Crippen molar-refractivity contribution in [1.29, 1.82) is 0 Å². The monoisotopic (exact) mass is 184 g/mol. The lowest BCUT2D eigenvalue weighted by Crippen LogP contribution is -2.41. The van der Waals surface area contributed by atoms with Gasteiger partial charge in [0.15, 0.2) is 0 Å². The van der Waals surface area contributed by atoms with Gasteiger partial charge in [-0.3, -0.25) is 4.90 Å². The van der Waals surface area contributed by atoms with Gasteiger partial charge in [0.25, 0.3) is 0 Å². The van der Waals surface area contributed by atoms with E-state index in [1.165, 1.54) is 38.9 Å². The fourth-order valence-electron chi connectivity index (χ4n) is 2.07. The predicted octanol–water partition coefficient (Wildman–Crippen LogP) is 1.86. The van der Waals surface area contributed by atoms with Gasteiger partial charge in [-0.25, -0.2) is 0 Å². The summed E-state index contributed by atoms with van der Waals surface area (Å²) in [6, 6.07) is 1.50. The van der Waals surface area contributed by atoms with Crippen molar-refractivity contribution in [2.75, 3.05) is 19.6 Å². The summed E-state index contributed by atoms with van der Waals surface area (Å²) in [7, 11) is 0. The average molecular weight is 184 g/mol. The molecule has 0 radical (unpaired) electrons. The smallest absolute Gasteiger partial charge is 0.0195 e. The fraction of sp³-hybridized carbons (Fsp3) is 1.00. The van der Waals surface area contributed by atoms with Crippen LogP contribution in [0.25, 0.3) is 0 Å². The summed E-state index contributed by atoms with van der Waals surface area (Å²) in [5.74, 6) is 0. The van der Waals surface area contributed by atoms with Crippen LogP contribution < -0.4 is 5.32 Å². The topological polar surface area (TPSA) is 15.3 Å². The van der Waals surface area contributed by atoms with E-state index in [1.807, 2.05) is 0 Å². The Morgan fingerprint density at radius 2 is 2.23 bits per heavy atom. The summed E-state index contributed by atoms with van der Waals surface area (Å²) in [5, 5.41) is 3.56. The van der Waals surface area contributed by atoms with Crippen molar-refractivity contribution in [3.05, 3.63) is 0 Å². The Labute approximate surface area is 82.7 Å². The van der Waals surface area contributed by atoms with Gasteiger partial charge in [0.1, 0.15) is 0 Å². The molecule has 2 atom stereocenters. The molecule has 0 aromatic rings. The van der Waals surface area contributed by atoms with E-state index >= 15 is 0 Å². The van der Waals surface area contributed by atoms with Crippen molar-refractivity contribution in [2.45, 2.75) is 52.1 Å². The van der Waals surface area contributed by atoms with Crippen molar-refractivity contribution < 1.29 is 0 Å². The van der Waals surface area contributed by atoms with E-state index < -0.39 is 0 Å². The molecular formula is C11H24N2. The SMILES string of the molecule is CCC(C)N(CC)C[C@H]1CCCN1. The minimum Gasteiger partial charge on any atom is -0.313 e. The third-order valence-corrected chi connectivity index (χ3v) is 3.24. The van der Waals surface area contributed by atoms with E-state index in [2.05, 4.69) is 31.0 Å². The number of rotatable bonds is 5. The number of nitrogens with one attached hydrogen (secondary N) is 1. The maximum absolute atomic E-state index is 3.56. The molecule has 2 nitrogen and oxygen atoms in total. The molecule has 0 aliphatic carbocycles. The van der Waals surface area contributed by atoms with Crippen LogP contribution in [0.15, 0.2) is 0 Å². The van der Waals surface area contributed by atoms with E-state index in [1.54, 1.807) is 0 Å². The number of nitrogens with zero attached hydrogens (tertiary/aromatic N) is 1. The van der Waals surface area contributed by atoms with Crippen molar-refractivity contribution in [2.24, 2.45) is 0 Å².